The fourth-order valence-corrected chi connectivity index (χ4v) is 2.78. The van der Waals surface area contributed by atoms with Gasteiger partial charge >= 0.3 is 0 Å². The van der Waals surface area contributed by atoms with Crippen molar-refractivity contribution in [3.8, 4) is 0 Å². The third-order valence-corrected chi connectivity index (χ3v) is 4.04. The zero-order chi connectivity index (χ0) is 12.4. The molecular formula is C14H23N3O. The number of nitrogens with one attached hydrogen (secondary N) is 1. The minimum absolute atomic E-state index is 0.897. The lowest BCUT2D eigenvalue weighted by molar-refractivity contribution is 0.115. The maximum absolute atomic E-state index is 5.61. The molecule has 4 nitrogen and oxygen atoms in total. The Morgan fingerprint density at radius 1 is 1.28 bits per heavy atom. The Labute approximate surface area is 109 Å². The first kappa shape index (κ1) is 12.2. The number of piperazine rings is 1. The molecule has 1 aromatic heterocycles. The minimum atomic E-state index is 0.897. The van der Waals surface area contributed by atoms with Crippen LogP contribution >= 0.6 is 0 Å². The fraction of sp³-hybridized carbons (Fsp3) is 0.714. The first-order valence-corrected chi connectivity index (χ1v) is 7.03. The number of furan rings is 1. The van der Waals surface area contributed by atoms with Gasteiger partial charge in [0.25, 0.3) is 0 Å². The molecule has 0 radical (unpaired) electrons. The molecule has 0 unspecified atom stereocenters. The van der Waals surface area contributed by atoms with Crippen LogP contribution in [0, 0.1) is 0 Å². The van der Waals surface area contributed by atoms with E-state index in [2.05, 4.69) is 21.2 Å². The smallest absolute Gasteiger partial charge is 0.122 e. The van der Waals surface area contributed by atoms with Gasteiger partial charge in [-0.05, 0) is 26.0 Å². The zero-order valence-corrected chi connectivity index (χ0v) is 11.2. The Balaban J connectivity index is 1.52. The van der Waals surface area contributed by atoms with Crippen LogP contribution in [0.1, 0.15) is 24.2 Å². The maximum atomic E-state index is 5.61. The highest BCUT2D eigenvalue weighted by atomic mass is 16.3. The van der Waals surface area contributed by atoms with Crippen molar-refractivity contribution in [2.24, 2.45) is 0 Å². The summed E-state index contributed by atoms with van der Waals surface area (Å²) in [6.45, 7) is 6.67. The summed E-state index contributed by atoms with van der Waals surface area (Å²) in [7, 11) is 1.98. The summed E-state index contributed by atoms with van der Waals surface area (Å²) in [5.41, 5.74) is 1.29. The molecule has 1 aliphatic carbocycles. The topological polar surface area (TPSA) is 31.7 Å². The van der Waals surface area contributed by atoms with Crippen molar-refractivity contribution in [2.45, 2.75) is 32.0 Å². The fourth-order valence-electron chi connectivity index (χ4n) is 2.78. The lowest BCUT2D eigenvalue weighted by Crippen LogP contribution is -2.46. The van der Waals surface area contributed by atoms with Gasteiger partial charge in [-0.2, -0.15) is 0 Å². The first-order chi connectivity index (χ1) is 8.86. The van der Waals surface area contributed by atoms with Crippen LogP contribution in [0.3, 0.4) is 0 Å². The second-order valence-electron chi connectivity index (χ2n) is 5.44. The SMILES string of the molecule is CNCc1ccoc1CN1CCN(C2CC2)CC1. The van der Waals surface area contributed by atoms with E-state index >= 15 is 0 Å². The highest BCUT2D eigenvalue weighted by Crippen LogP contribution is 2.27. The molecule has 4 heteroatoms. The molecule has 0 amide bonds. The van der Waals surface area contributed by atoms with Crippen LogP contribution in [0.4, 0.5) is 0 Å². The van der Waals surface area contributed by atoms with E-state index in [9.17, 15) is 0 Å². The molecule has 0 bridgehead atoms. The standard InChI is InChI=1S/C14H23N3O/c1-15-10-12-4-9-18-14(12)11-16-5-7-17(8-6-16)13-2-3-13/h4,9,13,15H,2-3,5-8,10-11H2,1H3. The number of hydrogen-bond acceptors (Lipinski definition) is 4. The van der Waals surface area contributed by atoms with Gasteiger partial charge in [0.1, 0.15) is 5.76 Å². The molecule has 0 atom stereocenters. The summed E-state index contributed by atoms with van der Waals surface area (Å²) in [5.74, 6) is 1.13. The molecule has 0 aromatic carbocycles. The second-order valence-corrected chi connectivity index (χ2v) is 5.44. The summed E-state index contributed by atoms with van der Waals surface area (Å²) in [5, 5.41) is 3.19. The summed E-state index contributed by atoms with van der Waals surface area (Å²) in [4.78, 5) is 5.16. The van der Waals surface area contributed by atoms with Crippen molar-refractivity contribution < 1.29 is 4.42 Å². The Bertz CT molecular complexity index is 378. The molecule has 1 N–H and O–H groups in total. The van der Waals surface area contributed by atoms with Gasteiger partial charge < -0.3 is 9.73 Å². The maximum Gasteiger partial charge on any atom is 0.122 e. The van der Waals surface area contributed by atoms with E-state index in [1.54, 1.807) is 0 Å². The summed E-state index contributed by atoms with van der Waals surface area (Å²) in [6, 6.07) is 2.99. The lowest BCUT2D eigenvalue weighted by Gasteiger charge is -2.34. The highest BCUT2D eigenvalue weighted by Gasteiger charge is 2.31. The molecule has 2 aliphatic rings. The Kier molecular flexibility index (Phi) is 3.68. The van der Waals surface area contributed by atoms with Crippen molar-refractivity contribution in [3.05, 3.63) is 23.7 Å². The molecule has 3 rings (SSSR count). The molecule has 1 aliphatic heterocycles. The minimum Gasteiger partial charge on any atom is -0.468 e. The van der Waals surface area contributed by atoms with Crippen LogP contribution < -0.4 is 5.32 Å². The average Bonchev–Trinajstić information content (AvgIpc) is 3.15. The van der Waals surface area contributed by atoms with Crippen molar-refractivity contribution in [3.63, 3.8) is 0 Å². The van der Waals surface area contributed by atoms with Crippen molar-refractivity contribution in [2.75, 3.05) is 33.2 Å². The van der Waals surface area contributed by atoms with E-state index in [0.717, 1.165) is 24.9 Å². The van der Waals surface area contributed by atoms with Gasteiger partial charge in [0.2, 0.25) is 0 Å². The van der Waals surface area contributed by atoms with E-state index in [4.69, 9.17) is 4.42 Å². The van der Waals surface area contributed by atoms with Crippen LogP contribution in [-0.2, 0) is 13.1 Å². The second kappa shape index (κ2) is 5.43. The largest absolute Gasteiger partial charge is 0.468 e. The first-order valence-electron chi connectivity index (χ1n) is 7.03. The zero-order valence-electron chi connectivity index (χ0n) is 11.2. The third-order valence-electron chi connectivity index (χ3n) is 4.04. The quantitative estimate of drug-likeness (QED) is 0.852. The summed E-state index contributed by atoms with van der Waals surface area (Å²) >= 11 is 0. The molecule has 1 aromatic rings. The van der Waals surface area contributed by atoms with E-state index in [-0.39, 0.29) is 0 Å². The molecule has 100 valence electrons. The molecule has 1 saturated heterocycles. The molecule has 2 heterocycles. The Hall–Kier alpha value is -0.840. The predicted molar refractivity (Wildman–Crippen MR) is 71.3 cm³/mol. The average molecular weight is 249 g/mol. The van der Waals surface area contributed by atoms with E-state index < -0.39 is 0 Å². The summed E-state index contributed by atoms with van der Waals surface area (Å²) < 4.78 is 5.61. The van der Waals surface area contributed by atoms with Crippen LogP contribution in [-0.4, -0.2) is 49.1 Å². The Morgan fingerprint density at radius 2 is 2.06 bits per heavy atom. The van der Waals surface area contributed by atoms with E-state index in [1.807, 2.05) is 13.3 Å². The monoisotopic (exact) mass is 249 g/mol. The van der Waals surface area contributed by atoms with Gasteiger partial charge in [0.05, 0.1) is 12.8 Å². The van der Waals surface area contributed by atoms with Gasteiger partial charge in [0, 0.05) is 44.3 Å². The van der Waals surface area contributed by atoms with Gasteiger partial charge in [-0.3, -0.25) is 9.80 Å². The molecule has 0 spiro atoms. The van der Waals surface area contributed by atoms with Crippen molar-refractivity contribution >= 4 is 0 Å². The summed E-state index contributed by atoms with van der Waals surface area (Å²) in [6.07, 6.45) is 4.65. The van der Waals surface area contributed by atoms with Gasteiger partial charge in [0.15, 0.2) is 0 Å². The van der Waals surface area contributed by atoms with Crippen molar-refractivity contribution in [1.29, 1.82) is 0 Å². The van der Waals surface area contributed by atoms with Gasteiger partial charge in [-0.1, -0.05) is 0 Å². The Morgan fingerprint density at radius 3 is 2.72 bits per heavy atom. The molecule has 18 heavy (non-hydrogen) atoms. The van der Waals surface area contributed by atoms with Crippen molar-refractivity contribution in [1.82, 2.24) is 15.1 Å². The van der Waals surface area contributed by atoms with Crippen LogP contribution in [0.25, 0.3) is 0 Å². The van der Waals surface area contributed by atoms with Crippen LogP contribution in [0.5, 0.6) is 0 Å². The van der Waals surface area contributed by atoms with E-state index in [0.29, 0.717) is 0 Å². The predicted octanol–water partition coefficient (Wildman–Crippen LogP) is 1.28. The number of nitrogens with zero attached hydrogens (tertiary/aromatic N) is 2. The number of rotatable bonds is 5. The van der Waals surface area contributed by atoms with Crippen LogP contribution in [0.15, 0.2) is 16.7 Å². The third kappa shape index (κ3) is 2.76. The van der Waals surface area contributed by atoms with Gasteiger partial charge in [-0.15, -0.1) is 0 Å². The number of hydrogen-bond donors (Lipinski definition) is 1. The lowest BCUT2D eigenvalue weighted by atomic mass is 10.2. The molecule has 1 saturated carbocycles. The van der Waals surface area contributed by atoms with Crippen LogP contribution in [0.2, 0.25) is 0 Å². The molecule has 2 fully saturated rings. The van der Waals surface area contributed by atoms with Gasteiger partial charge in [-0.25, -0.2) is 0 Å². The molecular weight excluding hydrogens is 226 g/mol. The van der Waals surface area contributed by atoms with E-state index in [1.165, 1.54) is 44.6 Å². The highest BCUT2D eigenvalue weighted by molar-refractivity contribution is 5.16. The normalized spacial score (nSPS) is 22.5.